The fourth-order valence-corrected chi connectivity index (χ4v) is 5.21. The number of amides is 1. The maximum Gasteiger partial charge on any atom is 0.267 e. The average Bonchev–Trinajstić information content (AvgIpc) is 3.56. The Hall–Kier alpha value is -3.13. The predicted molar refractivity (Wildman–Crippen MR) is 136 cm³/mol. The van der Waals surface area contributed by atoms with E-state index in [2.05, 4.69) is 17.1 Å². The van der Waals surface area contributed by atoms with E-state index in [1.807, 2.05) is 65.6 Å². The van der Waals surface area contributed by atoms with Gasteiger partial charge in [0.05, 0.1) is 22.3 Å². The van der Waals surface area contributed by atoms with Crippen molar-refractivity contribution in [3.63, 3.8) is 0 Å². The molecule has 0 aliphatic heterocycles. The SMILES string of the molecule is CCCN(CC1CC1)C(=O)CSc1nnc2n(-c3cc(C)ccc3C)c(=O)c3ccccc3n12. The van der Waals surface area contributed by atoms with Crippen LogP contribution in [-0.4, -0.2) is 48.8 Å². The molecule has 34 heavy (non-hydrogen) atoms. The van der Waals surface area contributed by atoms with Crippen LogP contribution in [0.2, 0.25) is 0 Å². The number of para-hydroxylation sites is 1. The number of carbonyl (C=O) groups is 1. The third-order valence-electron chi connectivity index (χ3n) is 6.35. The standard InChI is InChI=1S/C26H29N5O2S/c1-4-13-29(15-19-11-12-19)23(32)16-34-26-28-27-25-30(22-14-17(2)9-10-18(22)3)24(33)20-7-5-6-8-21(20)31(25)26/h5-10,14,19H,4,11-13,15-16H2,1-3H3. The summed E-state index contributed by atoms with van der Waals surface area (Å²) >= 11 is 1.38. The number of carbonyl (C=O) groups excluding carboxylic acids is 1. The highest BCUT2D eigenvalue weighted by molar-refractivity contribution is 7.99. The zero-order chi connectivity index (χ0) is 23.8. The summed E-state index contributed by atoms with van der Waals surface area (Å²) in [6.45, 7) is 7.73. The number of rotatable bonds is 8. The number of fused-ring (bicyclic) bond motifs is 3. The van der Waals surface area contributed by atoms with Crippen molar-refractivity contribution in [1.82, 2.24) is 24.1 Å². The van der Waals surface area contributed by atoms with E-state index in [1.165, 1.54) is 24.6 Å². The highest BCUT2D eigenvalue weighted by Crippen LogP contribution is 2.30. The van der Waals surface area contributed by atoms with Gasteiger partial charge in [-0.3, -0.25) is 14.0 Å². The highest BCUT2D eigenvalue weighted by atomic mass is 32.2. The van der Waals surface area contributed by atoms with Gasteiger partial charge in [0.25, 0.3) is 5.56 Å². The molecule has 176 valence electrons. The molecule has 2 heterocycles. The molecule has 1 amide bonds. The lowest BCUT2D eigenvalue weighted by Gasteiger charge is -2.21. The Kier molecular flexibility index (Phi) is 6.16. The molecule has 7 nitrogen and oxygen atoms in total. The lowest BCUT2D eigenvalue weighted by Crippen LogP contribution is -2.35. The number of hydrogen-bond donors (Lipinski definition) is 0. The van der Waals surface area contributed by atoms with Gasteiger partial charge in [0.1, 0.15) is 0 Å². The fraction of sp³-hybridized carbons (Fsp3) is 0.385. The average molecular weight is 476 g/mol. The first-order valence-electron chi connectivity index (χ1n) is 11.8. The Labute approximate surface area is 202 Å². The van der Waals surface area contributed by atoms with Crippen molar-refractivity contribution in [2.45, 2.75) is 45.2 Å². The van der Waals surface area contributed by atoms with Crippen molar-refractivity contribution < 1.29 is 4.79 Å². The van der Waals surface area contributed by atoms with Gasteiger partial charge in [-0.1, -0.05) is 43.0 Å². The zero-order valence-electron chi connectivity index (χ0n) is 19.8. The summed E-state index contributed by atoms with van der Waals surface area (Å²) < 4.78 is 3.54. The summed E-state index contributed by atoms with van der Waals surface area (Å²) in [5, 5.41) is 10.0. The monoisotopic (exact) mass is 475 g/mol. The largest absolute Gasteiger partial charge is 0.342 e. The van der Waals surface area contributed by atoms with Crippen LogP contribution in [0.1, 0.15) is 37.3 Å². The first-order chi connectivity index (χ1) is 16.5. The van der Waals surface area contributed by atoms with Crippen LogP contribution in [0.15, 0.2) is 52.4 Å². The minimum Gasteiger partial charge on any atom is -0.342 e. The lowest BCUT2D eigenvalue weighted by molar-refractivity contribution is -0.128. The second-order valence-corrected chi connectivity index (χ2v) is 10.1. The van der Waals surface area contributed by atoms with E-state index in [0.29, 0.717) is 28.0 Å². The Balaban J connectivity index is 1.58. The van der Waals surface area contributed by atoms with Crippen molar-refractivity contribution in [1.29, 1.82) is 0 Å². The zero-order valence-corrected chi connectivity index (χ0v) is 20.6. The molecule has 0 radical (unpaired) electrons. The van der Waals surface area contributed by atoms with Gasteiger partial charge in [-0.2, -0.15) is 0 Å². The van der Waals surface area contributed by atoms with Gasteiger partial charge in [-0.25, -0.2) is 4.57 Å². The molecule has 1 saturated carbocycles. The summed E-state index contributed by atoms with van der Waals surface area (Å²) in [6, 6.07) is 13.5. The van der Waals surface area contributed by atoms with Gasteiger partial charge < -0.3 is 4.90 Å². The molecule has 0 spiro atoms. The van der Waals surface area contributed by atoms with E-state index in [9.17, 15) is 9.59 Å². The summed E-state index contributed by atoms with van der Waals surface area (Å²) in [7, 11) is 0. The molecule has 2 aromatic heterocycles. The molecule has 0 unspecified atom stereocenters. The molecule has 0 atom stereocenters. The van der Waals surface area contributed by atoms with E-state index in [1.54, 1.807) is 4.57 Å². The maximum atomic E-state index is 13.6. The fourth-order valence-electron chi connectivity index (χ4n) is 4.37. The van der Waals surface area contributed by atoms with Crippen LogP contribution in [0.3, 0.4) is 0 Å². The van der Waals surface area contributed by atoms with Gasteiger partial charge in [0.15, 0.2) is 5.16 Å². The molecule has 0 N–H and O–H groups in total. The van der Waals surface area contributed by atoms with Crippen LogP contribution < -0.4 is 5.56 Å². The summed E-state index contributed by atoms with van der Waals surface area (Å²) in [5.41, 5.74) is 3.44. The second-order valence-electron chi connectivity index (χ2n) is 9.14. The van der Waals surface area contributed by atoms with Gasteiger partial charge in [0, 0.05) is 13.1 Å². The van der Waals surface area contributed by atoms with Crippen molar-refractivity contribution >= 4 is 34.3 Å². The van der Waals surface area contributed by atoms with Gasteiger partial charge >= 0.3 is 0 Å². The third kappa shape index (κ3) is 4.22. The number of hydrogen-bond acceptors (Lipinski definition) is 5. The first kappa shape index (κ1) is 22.7. The Morgan fingerprint density at radius 2 is 1.94 bits per heavy atom. The van der Waals surface area contributed by atoms with Gasteiger partial charge in [-0.05, 0) is 68.4 Å². The van der Waals surface area contributed by atoms with E-state index in [-0.39, 0.29) is 11.5 Å². The maximum absolute atomic E-state index is 13.6. The number of aryl methyl sites for hydroxylation is 2. The highest BCUT2D eigenvalue weighted by Gasteiger charge is 2.27. The molecule has 1 aliphatic rings. The van der Waals surface area contributed by atoms with Crippen LogP contribution in [0, 0.1) is 19.8 Å². The summed E-state index contributed by atoms with van der Waals surface area (Å²) in [6.07, 6.45) is 3.39. The molecule has 8 heteroatoms. The first-order valence-corrected chi connectivity index (χ1v) is 12.8. The van der Waals surface area contributed by atoms with Crippen LogP contribution >= 0.6 is 11.8 Å². The topological polar surface area (TPSA) is 72.5 Å². The minimum atomic E-state index is -0.129. The molecular weight excluding hydrogens is 446 g/mol. The molecule has 1 aliphatic carbocycles. The molecule has 0 bridgehead atoms. The Morgan fingerprint density at radius 1 is 1.15 bits per heavy atom. The number of thioether (sulfide) groups is 1. The van der Waals surface area contributed by atoms with Crippen LogP contribution in [0.5, 0.6) is 0 Å². The Morgan fingerprint density at radius 3 is 2.71 bits per heavy atom. The number of nitrogens with zero attached hydrogens (tertiary/aromatic N) is 5. The van der Waals surface area contributed by atoms with Crippen LogP contribution in [-0.2, 0) is 4.79 Å². The number of benzene rings is 2. The molecule has 1 fully saturated rings. The van der Waals surface area contributed by atoms with E-state index < -0.39 is 0 Å². The molecule has 5 rings (SSSR count). The van der Waals surface area contributed by atoms with E-state index in [0.717, 1.165) is 41.8 Å². The Bertz CT molecular complexity index is 1440. The van der Waals surface area contributed by atoms with Gasteiger partial charge in [-0.15, -0.1) is 10.2 Å². The molecule has 2 aromatic carbocycles. The quantitative estimate of drug-likeness (QED) is 0.354. The molecule has 0 saturated heterocycles. The molecule has 4 aromatic rings. The second kappa shape index (κ2) is 9.25. The van der Waals surface area contributed by atoms with Gasteiger partial charge in [0.2, 0.25) is 11.7 Å². The predicted octanol–water partition coefficient (Wildman–Crippen LogP) is 4.39. The van der Waals surface area contributed by atoms with Crippen molar-refractivity contribution in [2.24, 2.45) is 5.92 Å². The van der Waals surface area contributed by atoms with E-state index in [4.69, 9.17) is 0 Å². The van der Waals surface area contributed by atoms with Crippen LogP contribution in [0.4, 0.5) is 0 Å². The van der Waals surface area contributed by atoms with Crippen molar-refractivity contribution in [3.05, 3.63) is 63.9 Å². The number of aromatic nitrogens is 4. The van der Waals surface area contributed by atoms with Crippen molar-refractivity contribution in [3.8, 4) is 5.69 Å². The minimum absolute atomic E-state index is 0.127. The lowest BCUT2D eigenvalue weighted by atomic mass is 10.1. The smallest absolute Gasteiger partial charge is 0.267 e. The summed E-state index contributed by atoms with van der Waals surface area (Å²) in [4.78, 5) is 28.6. The third-order valence-corrected chi connectivity index (χ3v) is 7.26. The normalized spacial score (nSPS) is 13.6. The van der Waals surface area contributed by atoms with Crippen molar-refractivity contribution in [2.75, 3.05) is 18.8 Å². The summed E-state index contributed by atoms with van der Waals surface area (Å²) in [5.74, 6) is 1.54. The van der Waals surface area contributed by atoms with Crippen LogP contribution in [0.25, 0.3) is 22.4 Å². The van der Waals surface area contributed by atoms with E-state index >= 15 is 0 Å². The molecular formula is C26H29N5O2S.